The van der Waals surface area contributed by atoms with E-state index in [2.05, 4.69) is 5.32 Å². The second kappa shape index (κ2) is 4.64. The summed E-state index contributed by atoms with van der Waals surface area (Å²) in [5, 5.41) is 11.8. The van der Waals surface area contributed by atoms with Crippen molar-refractivity contribution < 1.29 is 19.4 Å². The van der Waals surface area contributed by atoms with E-state index in [-0.39, 0.29) is 17.9 Å². The zero-order valence-corrected chi connectivity index (χ0v) is 10.1. The number of nitrogens with one attached hydrogen (secondary N) is 1. The Balaban J connectivity index is 1.86. The fourth-order valence-corrected chi connectivity index (χ4v) is 2.63. The number of ether oxygens (including phenoxy) is 1. The molecular weight excluding hydrogens is 222 g/mol. The summed E-state index contributed by atoms with van der Waals surface area (Å²) in [6, 6.07) is -0.00961. The molecular formula is C12H19NO4. The molecule has 1 heterocycles. The van der Waals surface area contributed by atoms with Crippen LogP contribution >= 0.6 is 0 Å². The van der Waals surface area contributed by atoms with Gasteiger partial charge in [-0.15, -0.1) is 0 Å². The third-order valence-electron chi connectivity index (χ3n) is 3.82. The number of carbonyl (C=O) groups is 2. The third kappa shape index (κ3) is 2.60. The van der Waals surface area contributed by atoms with E-state index < -0.39 is 11.6 Å². The van der Waals surface area contributed by atoms with E-state index >= 15 is 0 Å². The normalized spacial score (nSPS) is 37.0. The van der Waals surface area contributed by atoms with Crippen LogP contribution in [0.25, 0.3) is 0 Å². The molecule has 5 heteroatoms. The van der Waals surface area contributed by atoms with Gasteiger partial charge in [0.15, 0.2) is 0 Å². The molecule has 2 rings (SSSR count). The van der Waals surface area contributed by atoms with Gasteiger partial charge in [0.05, 0.1) is 5.92 Å². The topological polar surface area (TPSA) is 75.6 Å². The fraction of sp³-hybridized carbons (Fsp3) is 0.833. The van der Waals surface area contributed by atoms with Crippen LogP contribution in [0, 0.1) is 5.92 Å². The summed E-state index contributed by atoms with van der Waals surface area (Å²) in [4.78, 5) is 22.8. The molecule has 1 saturated heterocycles. The molecule has 1 saturated carbocycles. The van der Waals surface area contributed by atoms with Crippen LogP contribution in [0.15, 0.2) is 0 Å². The molecule has 2 N–H and O–H groups in total. The first-order valence-corrected chi connectivity index (χ1v) is 6.19. The van der Waals surface area contributed by atoms with Crippen LogP contribution in [0.3, 0.4) is 0 Å². The summed E-state index contributed by atoms with van der Waals surface area (Å²) >= 11 is 0. The van der Waals surface area contributed by atoms with Crippen LogP contribution < -0.4 is 5.32 Å². The minimum atomic E-state index is -0.759. The second-order valence-electron chi connectivity index (χ2n) is 5.20. The molecule has 2 aliphatic rings. The average molecular weight is 241 g/mol. The standard InChI is InChI=1S/C12H19NO4/c1-12(5-2-6-17-12)11(16)13-9-4-3-8(7-9)10(14)15/h8-9H,2-7H2,1H3,(H,13,16)(H,14,15)/t8-,9+,12?/m0/s1. The number of carboxylic acids is 1. The van der Waals surface area contributed by atoms with Gasteiger partial charge in [-0.05, 0) is 39.0 Å². The van der Waals surface area contributed by atoms with Crippen molar-refractivity contribution in [3.05, 3.63) is 0 Å². The summed E-state index contributed by atoms with van der Waals surface area (Å²) in [7, 11) is 0. The molecule has 3 atom stereocenters. The minimum Gasteiger partial charge on any atom is -0.481 e. The number of amides is 1. The van der Waals surface area contributed by atoms with Gasteiger partial charge in [-0.25, -0.2) is 0 Å². The zero-order chi connectivity index (χ0) is 12.5. The first-order valence-electron chi connectivity index (χ1n) is 6.19. The van der Waals surface area contributed by atoms with Crippen LogP contribution in [-0.2, 0) is 14.3 Å². The quantitative estimate of drug-likeness (QED) is 0.770. The Morgan fingerprint density at radius 2 is 2.18 bits per heavy atom. The van der Waals surface area contributed by atoms with Gasteiger partial charge in [-0.1, -0.05) is 0 Å². The summed E-state index contributed by atoms with van der Waals surface area (Å²) in [5.74, 6) is -1.16. The zero-order valence-electron chi connectivity index (χ0n) is 10.1. The molecule has 0 spiro atoms. The van der Waals surface area contributed by atoms with Gasteiger partial charge in [-0.3, -0.25) is 9.59 Å². The Bertz CT molecular complexity index is 322. The summed E-state index contributed by atoms with van der Waals surface area (Å²) in [5.41, 5.74) is -0.707. The minimum absolute atomic E-state index is 0.00961. The lowest BCUT2D eigenvalue weighted by Crippen LogP contribution is -2.47. The van der Waals surface area contributed by atoms with Crippen molar-refractivity contribution in [2.24, 2.45) is 5.92 Å². The Morgan fingerprint density at radius 3 is 2.71 bits per heavy atom. The molecule has 0 aromatic heterocycles. The highest BCUT2D eigenvalue weighted by Gasteiger charge is 2.40. The highest BCUT2D eigenvalue weighted by Crippen LogP contribution is 2.29. The van der Waals surface area contributed by atoms with E-state index in [4.69, 9.17) is 9.84 Å². The van der Waals surface area contributed by atoms with Gasteiger partial charge in [0, 0.05) is 12.6 Å². The highest BCUT2D eigenvalue weighted by molar-refractivity contribution is 5.85. The van der Waals surface area contributed by atoms with E-state index in [0.717, 1.165) is 19.3 Å². The second-order valence-corrected chi connectivity index (χ2v) is 5.20. The summed E-state index contributed by atoms with van der Waals surface area (Å²) in [6.45, 7) is 2.44. The first-order chi connectivity index (χ1) is 8.01. The first kappa shape index (κ1) is 12.4. The third-order valence-corrected chi connectivity index (χ3v) is 3.82. The molecule has 1 aliphatic heterocycles. The summed E-state index contributed by atoms with van der Waals surface area (Å²) in [6.07, 6.45) is 3.59. The molecule has 2 fully saturated rings. The molecule has 1 aliphatic carbocycles. The van der Waals surface area contributed by atoms with Crippen molar-refractivity contribution >= 4 is 11.9 Å². The molecule has 0 aromatic rings. The lowest BCUT2D eigenvalue weighted by atomic mass is 10.0. The largest absolute Gasteiger partial charge is 0.481 e. The lowest BCUT2D eigenvalue weighted by molar-refractivity contribution is -0.142. The van der Waals surface area contributed by atoms with Crippen molar-refractivity contribution in [3.63, 3.8) is 0 Å². The number of hydrogen-bond donors (Lipinski definition) is 2. The van der Waals surface area contributed by atoms with E-state index in [1.54, 1.807) is 6.92 Å². The van der Waals surface area contributed by atoms with Crippen LogP contribution in [0.4, 0.5) is 0 Å². The van der Waals surface area contributed by atoms with Crippen molar-refractivity contribution in [1.29, 1.82) is 0 Å². The predicted octanol–water partition coefficient (Wildman–Crippen LogP) is 0.925. The smallest absolute Gasteiger partial charge is 0.306 e. The number of rotatable bonds is 3. The van der Waals surface area contributed by atoms with E-state index in [9.17, 15) is 9.59 Å². The Labute approximate surface area is 101 Å². The number of carboxylic acid groups (broad SMARTS) is 1. The monoisotopic (exact) mass is 241 g/mol. The number of hydrogen-bond acceptors (Lipinski definition) is 3. The van der Waals surface area contributed by atoms with Crippen molar-refractivity contribution in [2.75, 3.05) is 6.61 Å². The Hall–Kier alpha value is -1.10. The Kier molecular flexibility index (Phi) is 3.38. The summed E-state index contributed by atoms with van der Waals surface area (Å²) < 4.78 is 5.46. The lowest BCUT2D eigenvalue weighted by Gasteiger charge is -2.24. The van der Waals surface area contributed by atoms with Crippen LogP contribution in [-0.4, -0.2) is 35.2 Å². The Morgan fingerprint density at radius 1 is 1.41 bits per heavy atom. The van der Waals surface area contributed by atoms with Gasteiger partial charge < -0.3 is 15.2 Å². The number of aliphatic carboxylic acids is 1. The average Bonchev–Trinajstić information content (AvgIpc) is 2.88. The van der Waals surface area contributed by atoms with Gasteiger partial charge in [0.25, 0.3) is 5.91 Å². The molecule has 17 heavy (non-hydrogen) atoms. The van der Waals surface area contributed by atoms with Gasteiger partial charge in [0.1, 0.15) is 5.60 Å². The molecule has 0 bridgehead atoms. The van der Waals surface area contributed by atoms with Gasteiger partial charge in [0.2, 0.25) is 0 Å². The molecule has 96 valence electrons. The highest BCUT2D eigenvalue weighted by atomic mass is 16.5. The van der Waals surface area contributed by atoms with Crippen molar-refractivity contribution in [3.8, 4) is 0 Å². The van der Waals surface area contributed by atoms with E-state index in [1.165, 1.54) is 0 Å². The fourth-order valence-electron chi connectivity index (χ4n) is 2.63. The van der Waals surface area contributed by atoms with E-state index in [0.29, 0.717) is 19.4 Å². The van der Waals surface area contributed by atoms with Crippen molar-refractivity contribution in [2.45, 2.75) is 50.7 Å². The molecule has 1 amide bonds. The van der Waals surface area contributed by atoms with Gasteiger partial charge in [-0.2, -0.15) is 0 Å². The number of carbonyl (C=O) groups excluding carboxylic acids is 1. The predicted molar refractivity (Wildman–Crippen MR) is 60.5 cm³/mol. The molecule has 1 unspecified atom stereocenters. The van der Waals surface area contributed by atoms with Crippen LogP contribution in [0.1, 0.15) is 39.0 Å². The van der Waals surface area contributed by atoms with Crippen LogP contribution in [0.2, 0.25) is 0 Å². The van der Waals surface area contributed by atoms with E-state index in [1.807, 2.05) is 0 Å². The van der Waals surface area contributed by atoms with Crippen LogP contribution in [0.5, 0.6) is 0 Å². The molecule has 5 nitrogen and oxygen atoms in total. The molecule has 0 aromatic carbocycles. The molecule has 0 radical (unpaired) electrons. The van der Waals surface area contributed by atoms with Crippen molar-refractivity contribution in [1.82, 2.24) is 5.32 Å². The maximum absolute atomic E-state index is 12.0. The SMILES string of the molecule is CC1(C(=O)N[C@@H]2CC[C@H](C(=O)O)C2)CCCO1. The van der Waals surface area contributed by atoms with Gasteiger partial charge >= 0.3 is 5.97 Å². The maximum Gasteiger partial charge on any atom is 0.306 e. The maximum atomic E-state index is 12.0.